The van der Waals surface area contributed by atoms with Crippen molar-refractivity contribution in [1.29, 1.82) is 0 Å². The summed E-state index contributed by atoms with van der Waals surface area (Å²) in [6.45, 7) is 13.3. The van der Waals surface area contributed by atoms with Crippen LogP contribution in [0.1, 0.15) is 48.0 Å². The molecule has 0 amide bonds. The average molecular weight is 214 g/mol. The van der Waals surface area contributed by atoms with Crippen molar-refractivity contribution in [3.63, 3.8) is 0 Å². The molecule has 0 aliphatic rings. The molecule has 0 radical (unpaired) electrons. The standard InChI is InChI=1S/C13H30N2/c1-8(2)13(10(4)12(6)15)7-9(3)11(5)14/h8-13H,7,14-15H2,1-6H3. The van der Waals surface area contributed by atoms with Crippen molar-refractivity contribution < 1.29 is 0 Å². The largest absolute Gasteiger partial charge is 0.328 e. The molecule has 5 unspecified atom stereocenters. The zero-order chi connectivity index (χ0) is 12.2. The molecule has 0 spiro atoms. The van der Waals surface area contributed by atoms with Crippen molar-refractivity contribution in [2.24, 2.45) is 35.1 Å². The predicted octanol–water partition coefficient (Wildman–Crippen LogP) is 2.62. The molecule has 2 nitrogen and oxygen atoms in total. The Labute approximate surface area is 95.8 Å². The molecule has 0 bridgehead atoms. The van der Waals surface area contributed by atoms with Gasteiger partial charge in [-0.2, -0.15) is 0 Å². The van der Waals surface area contributed by atoms with Gasteiger partial charge in [0.25, 0.3) is 0 Å². The Hall–Kier alpha value is -0.0800. The first-order valence-electron chi connectivity index (χ1n) is 6.28. The number of nitrogens with two attached hydrogens (primary N) is 2. The van der Waals surface area contributed by atoms with Crippen molar-refractivity contribution in [3.8, 4) is 0 Å². The monoisotopic (exact) mass is 214 g/mol. The SMILES string of the molecule is CC(C)C(CC(C)C(C)N)C(C)C(C)N. The molecule has 0 aliphatic carbocycles. The van der Waals surface area contributed by atoms with Crippen LogP contribution in [-0.4, -0.2) is 12.1 Å². The third-order valence-electron chi connectivity index (χ3n) is 3.90. The van der Waals surface area contributed by atoms with Gasteiger partial charge in [-0.1, -0.05) is 27.7 Å². The molecule has 0 saturated heterocycles. The fourth-order valence-electron chi connectivity index (χ4n) is 2.13. The maximum absolute atomic E-state index is 6.00. The third kappa shape index (κ3) is 4.98. The molecule has 2 heteroatoms. The van der Waals surface area contributed by atoms with Gasteiger partial charge in [0.05, 0.1) is 0 Å². The van der Waals surface area contributed by atoms with Crippen LogP contribution >= 0.6 is 0 Å². The van der Waals surface area contributed by atoms with Crippen LogP contribution in [0, 0.1) is 23.7 Å². The Morgan fingerprint density at radius 3 is 1.53 bits per heavy atom. The number of rotatable bonds is 6. The van der Waals surface area contributed by atoms with E-state index in [1.54, 1.807) is 0 Å². The Bertz CT molecular complexity index is 164. The summed E-state index contributed by atoms with van der Waals surface area (Å²) in [6, 6.07) is 0.559. The summed E-state index contributed by atoms with van der Waals surface area (Å²) in [5.41, 5.74) is 11.9. The highest BCUT2D eigenvalue weighted by Gasteiger charge is 2.26. The lowest BCUT2D eigenvalue weighted by atomic mass is 9.75. The second-order valence-electron chi connectivity index (χ2n) is 5.70. The molecular weight excluding hydrogens is 184 g/mol. The summed E-state index contributed by atoms with van der Waals surface area (Å²) in [7, 11) is 0. The van der Waals surface area contributed by atoms with Gasteiger partial charge in [0.1, 0.15) is 0 Å². The molecule has 92 valence electrons. The van der Waals surface area contributed by atoms with Crippen LogP contribution in [0.4, 0.5) is 0 Å². The molecular formula is C13H30N2. The predicted molar refractivity (Wildman–Crippen MR) is 68.6 cm³/mol. The molecule has 15 heavy (non-hydrogen) atoms. The summed E-state index contributed by atoms with van der Waals surface area (Å²) in [5.74, 6) is 2.53. The second-order valence-corrected chi connectivity index (χ2v) is 5.70. The van der Waals surface area contributed by atoms with Gasteiger partial charge >= 0.3 is 0 Å². The molecule has 4 N–H and O–H groups in total. The fourth-order valence-corrected chi connectivity index (χ4v) is 2.13. The summed E-state index contributed by atoms with van der Waals surface area (Å²) >= 11 is 0. The first-order chi connectivity index (χ1) is 6.77. The lowest BCUT2D eigenvalue weighted by Crippen LogP contribution is -2.36. The first-order valence-corrected chi connectivity index (χ1v) is 6.28. The van der Waals surface area contributed by atoms with Gasteiger partial charge in [-0.15, -0.1) is 0 Å². The number of hydrogen-bond acceptors (Lipinski definition) is 2. The Morgan fingerprint density at radius 2 is 1.27 bits per heavy atom. The van der Waals surface area contributed by atoms with Crippen molar-refractivity contribution in [2.45, 2.75) is 60.0 Å². The van der Waals surface area contributed by atoms with E-state index in [2.05, 4.69) is 41.5 Å². The van der Waals surface area contributed by atoms with E-state index in [1.807, 2.05) is 0 Å². The molecule has 5 atom stereocenters. The molecule has 0 rings (SSSR count). The van der Waals surface area contributed by atoms with Gasteiger partial charge in [0, 0.05) is 12.1 Å². The van der Waals surface area contributed by atoms with Crippen molar-refractivity contribution in [3.05, 3.63) is 0 Å². The molecule has 0 aromatic rings. The van der Waals surface area contributed by atoms with E-state index in [9.17, 15) is 0 Å². The topological polar surface area (TPSA) is 52.0 Å². The lowest BCUT2D eigenvalue weighted by molar-refractivity contribution is 0.192. The van der Waals surface area contributed by atoms with Crippen molar-refractivity contribution in [1.82, 2.24) is 0 Å². The molecule has 0 aliphatic heterocycles. The van der Waals surface area contributed by atoms with E-state index in [4.69, 9.17) is 11.5 Å². The van der Waals surface area contributed by atoms with Crippen LogP contribution in [0.5, 0.6) is 0 Å². The summed E-state index contributed by atoms with van der Waals surface area (Å²) in [4.78, 5) is 0. The fraction of sp³-hybridized carbons (Fsp3) is 1.00. The van der Waals surface area contributed by atoms with Crippen LogP contribution in [-0.2, 0) is 0 Å². The lowest BCUT2D eigenvalue weighted by Gasteiger charge is -2.33. The van der Waals surface area contributed by atoms with Gasteiger partial charge in [0.2, 0.25) is 0 Å². The maximum atomic E-state index is 6.00. The Balaban J connectivity index is 4.41. The Kier molecular flexibility index (Phi) is 6.46. The molecule has 0 heterocycles. The van der Waals surface area contributed by atoms with Gasteiger partial charge in [-0.05, 0) is 43.9 Å². The quantitative estimate of drug-likeness (QED) is 0.714. The highest BCUT2D eigenvalue weighted by atomic mass is 14.6. The minimum absolute atomic E-state index is 0.276. The van der Waals surface area contributed by atoms with Gasteiger partial charge in [0.15, 0.2) is 0 Å². The van der Waals surface area contributed by atoms with Crippen LogP contribution in [0.3, 0.4) is 0 Å². The summed E-state index contributed by atoms with van der Waals surface area (Å²) < 4.78 is 0. The van der Waals surface area contributed by atoms with Crippen LogP contribution in [0.2, 0.25) is 0 Å². The van der Waals surface area contributed by atoms with Crippen LogP contribution in [0.25, 0.3) is 0 Å². The van der Waals surface area contributed by atoms with Crippen molar-refractivity contribution >= 4 is 0 Å². The summed E-state index contributed by atoms with van der Waals surface area (Å²) in [5, 5.41) is 0. The van der Waals surface area contributed by atoms with Crippen molar-refractivity contribution in [2.75, 3.05) is 0 Å². The zero-order valence-corrected chi connectivity index (χ0v) is 11.3. The molecule has 0 saturated carbocycles. The smallest absolute Gasteiger partial charge is 0.00388 e. The minimum Gasteiger partial charge on any atom is -0.328 e. The van der Waals surface area contributed by atoms with E-state index in [0.29, 0.717) is 23.7 Å². The van der Waals surface area contributed by atoms with Gasteiger partial charge < -0.3 is 11.5 Å². The van der Waals surface area contributed by atoms with E-state index in [1.165, 1.54) is 6.42 Å². The highest BCUT2D eigenvalue weighted by molar-refractivity contribution is 4.79. The zero-order valence-electron chi connectivity index (χ0n) is 11.3. The average Bonchev–Trinajstić information content (AvgIpc) is 2.11. The third-order valence-corrected chi connectivity index (χ3v) is 3.90. The van der Waals surface area contributed by atoms with E-state index >= 15 is 0 Å². The van der Waals surface area contributed by atoms with Gasteiger partial charge in [-0.3, -0.25) is 0 Å². The first kappa shape index (κ1) is 14.9. The van der Waals surface area contributed by atoms with Crippen LogP contribution in [0.15, 0.2) is 0 Å². The Morgan fingerprint density at radius 1 is 0.800 bits per heavy atom. The number of hydrogen-bond donors (Lipinski definition) is 2. The van der Waals surface area contributed by atoms with E-state index < -0.39 is 0 Å². The molecule has 0 fully saturated rings. The second kappa shape index (κ2) is 6.49. The molecule has 0 aromatic heterocycles. The minimum atomic E-state index is 0.276. The normalized spacial score (nSPS) is 22.2. The highest BCUT2D eigenvalue weighted by Crippen LogP contribution is 2.30. The van der Waals surface area contributed by atoms with E-state index in [-0.39, 0.29) is 12.1 Å². The molecule has 0 aromatic carbocycles. The maximum Gasteiger partial charge on any atom is 0.00388 e. The van der Waals surface area contributed by atoms with Crippen LogP contribution < -0.4 is 11.5 Å². The van der Waals surface area contributed by atoms with E-state index in [0.717, 1.165) is 0 Å². The van der Waals surface area contributed by atoms with Gasteiger partial charge in [-0.25, -0.2) is 0 Å². The summed E-state index contributed by atoms with van der Waals surface area (Å²) in [6.07, 6.45) is 1.19.